The van der Waals surface area contributed by atoms with Gasteiger partial charge in [-0.2, -0.15) is 0 Å². The van der Waals surface area contributed by atoms with Crippen molar-refractivity contribution in [3.63, 3.8) is 0 Å². The highest BCUT2D eigenvalue weighted by atomic mass is 32.2. The predicted molar refractivity (Wildman–Crippen MR) is 75.6 cm³/mol. The van der Waals surface area contributed by atoms with Gasteiger partial charge in [-0.25, -0.2) is 13.4 Å². The molecule has 0 radical (unpaired) electrons. The van der Waals surface area contributed by atoms with E-state index in [1.54, 1.807) is 18.2 Å². The lowest BCUT2D eigenvalue weighted by Gasteiger charge is -2.05. The number of aromatic nitrogens is 1. The molecule has 0 unspecified atom stereocenters. The molecule has 0 saturated carbocycles. The van der Waals surface area contributed by atoms with Gasteiger partial charge in [-0.1, -0.05) is 24.3 Å². The van der Waals surface area contributed by atoms with E-state index in [1.165, 1.54) is 6.07 Å². The molecule has 2 aromatic carbocycles. The second kappa shape index (κ2) is 4.48. The number of fused-ring (bicyclic) bond motifs is 2. The first-order valence-electron chi connectivity index (χ1n) is 5.72. The third-order valence-corrected chi connectivity index (χ3v) is 4.14. The molecule has 20 heavy (non-hydrogen) atoms. The number of azide groups is 1. The van der Waals surface area contributed by atoms with Gasteiger partial charge < -0.3 is 0 Å². The highest BCUT2D eigenvalue weighted by molar-refractivity contribution is 7.90. The molecule has 0 aliphatic rings. The Balaban J connectivity index is 2.45. The van der Waals surface area contributed by atoms with Crippen LogP contribution < -0.4 is 0 Å². The number of para-hydroxylation sites is 1. The van der Waals surface area contributed by atoms with Crippen LogP contribution in [-0.2, 0) is 10.0 Å². The minimum absolute atomic E-state index is 0.0361. The van der Waals surface area contributed by atoms with E-state index in [4.69, 9.17) is 5.53 Å². The number of pyridine rings is 1. The SMILES string of the molecule is [N-]=[N+]=NS(=O)(=O)c1cccc2nc3ccccc3cc12. The lowest BCUT2D eigenvalue weighted by molar-refractivity contribution is 0.598. The van der Waals surface area contributed by atoms with Gasteiger partial charge in [0.2, 0.25) is 0 Å². The zero-order chi connectivity index (χ0) is 14.2. The van der Waals surface area contributed by atoms with Crippen LogP contribution >= 0.6 is 0 Å². The van der Waals surface area contributed by atoms with Crippen LogP contribution in [0.15, 0.2) is 57.9 Å². The highest BCUT2D eigenvalue weighted by Gasteiger charge is 2.16. The van der Waals surface area contributed by atoms with Gasteiger partial charge in [0.1, 0.15) is 0 Å². The maximum atomic E-state index is 11.9. The largest absolute Gasteiger partial charge is 0.265 e. The molecule has 98 valence electrons. The molecule has 0 fully saturated rings. The molecule has 7 heteroatoms. The van der Waals surface area contributed by atoms with Gasteiger partial charge in [0, 0.05) is 20.2 Å². The fraction of sp³-hybridized carbons (Fsp3) is 0. The number of hydrogen-bond donors (Lipinski definition) is 0. The molecule has 3 rings (SSSR count). The Morgan fingerprint density at radius 2 is 1.80 bits per heavy atom. The molecule has 0 bridgehead atoms. The molecular formula is C13H8N4O2S. The van der Waals surface area contributed by atoms with Crippen molar-refractivity contribution in [2.75, 3.05) is 0 Å². The van der Waals surface area contributed by atoms with Crippen LogP contribution in [0.2, 0.25) is 0 Å². The first-order chi connectivity index (χ1) is 9.62. The molecule has 3 aromatic rings. The van der Waals surface area contributed by atoms with Crippen molar-refractivity contribution in [3.05, 3.63) is 59.0 Å². The van der Waals surface area contributed by atoms with Crippen LogP contribution in [0.3, 0.4) is 0 Å². The average molecular weight is 284 g/mol. The third-order valence-electron chi connectivity index (χ3n) is 2.94. The normalized spacial score (nSPS) is 11.4. The molecule has 0 atom stereocenters. The minimum Gasteiger partial charge on any atom is -0.248 e. The fourth-order valence-electron chi connectivity index (χ4n) is 2.09. The lowest BCUT2D eigenvalue weighted by atomic mass is 10.1. The number of nitrogens with zero attached hydrogens (tertiary/aromatic N) is 4. The number of sulfonamides is 1. The zero-order valence-electron chi connectivity index (χ0n) is 10.1. The van der Waals surface area contributed by atoms with E-state index >= 15 is 0 Å². The summed E-state index contributed by atoms with van der Waals surface area (Å²) in [5.41, 5.74) is 9.69. The summed E-state index contributed by atoms with van der Waals surface area (Å²) in [6.45, 7) is 0. The van der Waals surface area contributed by atoms with Gasteiger partial charge in [0.25, 0.3) is 10.0 Å². The first kappa shape index (κ1) is 12.4. The van der Waals surface area contributed by atoms with Crippen molar-refractivity contribution in [3.8, 4) is 0 Å². The van der Waals surface area contributed by atoms with Crippen LogP contribution in [0.1, 0.15) is 0 Å². The first-order valence-corrected chi connectivity index (χ1v) is 7.16. The Labute approximate surface area is 114 Å². The van der Waals surface area contributed by atoms with Gasteiger partial charge in [-0.3, -0.25) is 0 Å². The summed E-state index contributed by atoms with van der Waals surface area (Å²) >= 11 is 0. The molecule has 0 aliphatic carbocycles. The Kier molecular flexibility index (Phi) is 2.78. The average Bonchev–Trinajstić information content (AvgIpc) is 2.44. The fourth-order valence-corrected chi connectivity index (χ4v) is 2.96. The smallest absolute Gasteiger partial charge is 0.248 e. The van der Waals surface area contributed by atoms with Crippen LogP contribution in [0.5, 0.6) is 0 Å². The maximum absolute atomic E-state index is 11.9. The summed E-state index contributed by atoms with van der Waals surface area (Å²) in [6, 6.07) is 13.8. The molecular weight excluding hydrogens is 276 g/mol. The van der Waals surface area contributed by atoms with Gasteiger partial charge in [0.15, 0.2) is 0 Å². The predicted octanol–water partition coefficient (Wildman–Crippen LogP) is 3.39. The Hall–Kier alpha value is -2.63. The summed E-state index contributed by atoms with van der Waals surface area (Å²) in [7, 11) is -4.04. The summed E-state index contributed by atoms with van der Waals surface area (Å²) in [6.07, 6.45) is 0. The summed E-state index contributed by atoms with van der Waals surface area (Å²) < 4.78 is 26.8. The Morgan fingerprint density at radius 1 is 1.05 bits per heavy atom. The van der Waals surface area contributed by atoms with Crippen molar-refractivity contribution < 1.29 is 8.42 Å². The molecule has 0 saturated heterocycles. The van der Waals surface area contributed by atoms with E-state index < -0.39 is 10.0 Å². The zero-order valence-corrected chi connectivity index (χ0v) is 10.9. The second-order valence-electron chi connectivity index (χ2n) is 4.15. The Morgan fingerprint density at radius 3 is 2.60 bits per heavy atom. The second-order valence-corrected chi connectivity index (χ2v) is 5.70. The molecule has 1 aromatic heterocycles. The van der Waals surface area contributed by atoms with Crippen molar-refractivity contribution in [2.45, 2.75) is 4.90 Å². The molecule has 1 heterocycles. The lowest BCUT2D eigenvalue weighted by Crippen LogP contribution is -1.97. The summed E-state index contributed by atoms with van der Waals surface area (Å²) in [5, 5.41) is 1.27. The quantitative estimate of drug-likeness (QED) is 0.312. The Bertz CT molecular complexity index is 976. The number of benzene rings is 2. The third kappa shape index (κ3) is 1.95. The van der Waals surface area contributed by atoms with Crippen LogP contribution in [0, 0.1) is 0 Å². The van der Waals surface area contributed by atoms with Crippen molar-refractivity contribution in [2.24, 2.45) is 4.52 Å². The highest BCUT2D eigenvalue weighted by Crippen LogP contribution is 2.26. The van der Waals surface area contributed by atoms with Crippen LogP contribution in [-0.4, -0.2) is 13.4 Å². The van der Waals surface area contributed by atoms with Gasteiger partial charge in [-0.15, -0.1) is 0 Å². The molecule has 6 nitrogen and oxygen atoms in total. The molecule has 0 N–H and O–H groups in total. The van der Waals surface area contributed by atoms with Crippen LogP contribution in [0.4, 0.5) is 0 Å². The summed E-state index contributed by atoms with van der Waals surface area (Å²) in [5.74, 6) is 0. The number of rotatable bonds is 2. The van der Waals surface area contributed by atoms with E-state index in [0.29, 0.717) is 10.9 Å². The van der Waals surface area contributed by atoms with E-state index in [1.807, 2.05) is 24.3 Å². The van der Waals surface area contributed by atoms with Crippen molar-refractivity contribution in [1.29, 1.82) is 0 Å². The number of hydrogen-bond acceptors (Lipinski definition) is 3. The molecule has 0 amide bonds. The van der Waals surface area contributed by atoms with E-state index in [9.17, 15) is 8.42 Å². The standard InChI is InChI=1S/C13H8N4O2S/c14-16-17-20(18,19)13-7-3-6-12-10(13)8-9-4-1-2-5-11(9)15-12/h1-8H. The van der Waals surface area contributed by atoms with E-state index in [-0.39, 0.29) is 4.90 Å². The van der Waals surface area contributed by atoms with Crippen LogP contribution in [0.25, 0.3) is 32.2 Å². The van der Waals surface area contributed by atoms with Crippen molar-refractivity contribution >= 4 is 31.8 Å². The van der Waals surface area contributed by atoms with Crippen molar-refractivity contribution in [1.82, 2.24) is 4.98 Å². The summed E-state index contributed by atoms with van der Waals surface area (Å²) in [4.78, 5) is 6.75. The molecule has 0 spiro atoms. The van der Waals surface area contributed by atoms with Gasteiger partial charge in [0.05, 0.1) is 15.9 Å². The van der Waals surface area contributed by atoms with Gasteiger partial charge in [-0.05, 0) is 29.8 Å². The topological polar surface area (TPSA) is 95.8 Å². The van der Waals surface area contributed by atoms with Gasteiger partial charge >= 0.3 is 0 Å². The van der Waals surface area contributed by atoms with E-state index in [2.05, 4.69) is 14.4 Å². The molecule has 0 aliphatic heterocycles. The monoisotopic (exact) mass is 284 g/mol. The van der Waals surface area contributed by atoms with E-state index in [0.717, 1.165) is 10.9 Å². The minimum atomic E-state index is -4.04. The maximum Gasteiger partial charge on any atom is 0.265 e.